The second-order valence-corrected chi connectivity index (χ2v) is 7.87. The first-order valence-corrected chi connectivity index (χ1v) is 10.2. The molecule has 2 amide bonds. The number of urea groups is 1. The maximum atomic E-state index is 12.1. The topological polar surface area (TPSA) is 91.3 Å². The zero-order valence-corrected chi connectivity index (χ0v) is 16.0. The highest BCUT2D eigenvalue weighted by Crippen LogP contribution is 2.24. The van der Waals surface area contributed by atoms with Crippen LogP contribution in [0.3, 0.4) is 0 Å². The molecule has 27 heavy (non-hydrogen) atoms. The van der Waals surface area contributed by atoms with Crippen molar-refractivity contribution in [2.75, 3.05) is 0 Å². The molecule has 7 heteroatoms. The average Bonchev–Trinajstić information content (AvgIpc) is 3.14. The normalized spacial score (nSPS) is 19.4. The Kier molecular flexibility index (Phi) is 6.81. The van der Waals surface area contributed by atoms with Crippen LogP contribution in [0.5, 0.6) is 0 Å². The molecule has 1 fully saturated rings. The largest absolute Gasteiger partial charge is 0.481 e. The fraction of sp³-hybridized carbons (Fsp3) is 0.450. The lowest BCUT2D eigenvalue weighted by molar-refractivity contribution is -0.142. The van der Waals surface area contributed by atoms with Crippen molar-refractivity contribution in [3.8, 4) is 0 Å². The number of rotatable bonds is 7. The van der Waals surface area contributed by atoms with E-state index >= 15 is 0 Å². The van der Waals surface area contributed by atoms with E-state index in [9.17, 15) is 9.59 Å². The molecule has 0 bridgehead atoms. The van der Waals surface area contributed by atoms with Crippen molar-refractivity contribution in [2.24, 2.45) is 5.92 Å². The Morgan fingerprint density at radius 1 is 1.11 bits per heavy atom. The number of carbonyl (C=O) groups is 2. The van der Waals surface area contributed by atoms with Crippen LogP contribution in [0.4, 0.5) is 4.79 Å². The van der Waals surface area contributed by atoms with Crippen LogP contribution in [0.25, 0.3) is 0 Å². The van der Waals surface area contributed by atoms with E-state index in [1.807, 2.05) is 23.6 Å². The molecule has 1 heterocycles. The molecule has 0 aliphatic heterocycles. The molecule has 1 aromatic carbocycles. The first kappa shape index (κ1) is 19.4. The number of nitrogens with zero attached hydrogens (tertiary/aromatic N) is 1. The average molecular weight is 388 g/mol. The highest BCUT2D eigenvalue weighted by molar-refractivity contribution is 7.09. The summed E-state index contributed by atoms with van der Waals surface area (Å²) in [5.41, 5.74) is 2.16. The van der Waals surface area contributed by atoms with Crippen molar-refractivity contribution in [1.29, 1.82) is 0 Å². The molecule has 2 aromatic rings. The van der Waals surface area contributed by atoms with Crippen molar-refractivity contribution in [2.45, 2.75) is 51.1 Å². The third-order valence-electron chi connectivity index (χ3n) is 4.91. The minimum atomic E-state index is -0.732. The maximum Gasteiger partial charge on any atom is 0.315 e. The SMILES string of the molecule is O=C(NCc1csc(CCc2ccccc2)n1)NC1CCC(C(=O)O)CC1. The fourth-order valence-electron chi connectivity index (χ4n) is 3.33. The van der Waals surface area contributed by atoms with Gasteiger partial charge < -0.3 is 15.7 Å². The summed E-state index contributed by atoms with van der Waals surface area (Å²) in [6.07, 6.45) is 4.53. The first-order chi connectivity index (χ1) is 13.1. The van der Waals surface area contributed by atoms with E-state index in [4.69, 9.17) is 5.11 Å². The molecule has 6 nitrogen and oxygen atoms in total. The number of benzene rings is 1. The van der Waals surface area contributed by atoms with Crippen LogP contribution < -0.4 is 10.6 Å². The molecule has 3 N–H and O–H groups in total. The number of carboxylic acid groups (broad SMARTS) is 1. The molecule has 0 unspecified atom stereocenters. The number of hydrogen-bond donors (Lipinski definition) is 3. The summed E-state index contributed by atoms with van der Waals surface area (Å²) in [7, 11) is 0. The molecule has 0 spiro atoms. The van der Waals surface area contributed by atoms with E-state index in [-0.39, 0.29) is 18.0 Å². The predicted molar refractivity (Wildman–Crippen MR) is 105 cm³/mol. The smallest absolute Gasteiger partial charge is 0.315 e. The number of nitrogens with one attached hydrogen (secondary N) is 2. The summed E-state index contributed by atoms with van der Waals surface area (Å²) in [5.74, 6) is -1.00. The third-order valence-corrected chi connectivity index (χ3v) is 5.87. The molecule has 1 saturated carbocycles. The van der Waals surface area contributed by atoms with Gasteiger partial charge in [0.2, 0.25) is 0 Å². The Morgan fingerprint density at radius 3 is 2.56 bits per heavy atom. The summed E-state index contributed by atoms with van der Waals surface area (Å²) in [6.45, 7) is 0.401. The standard InChI is InChI=1S/C20H25N3O3S/c24-19(25)15-7-9-16(10-8-15)23-20(26)21-12-17-13-27-18(22-17)11-6-14-4-2-1-3-5-14/h1-5,13,15-16H,6-12H2,(H,24,25)(H2,21,23,26). The monoisotopic (exact) mass is 387 g/mol. The van der Waals surface area contributed by atoms with E-state index in [1.165, 1.54) is 5.56 Å². The molecular formula is C20H25N3O3S. The minimum Gasteiger partial charge on any atom is -0.481 e. The second kappa shape index (κ2) is 9.50. The lowest BCUT2D eigenvalue weighted by Crippen LogP contribution is -2.43. The van der Waals surface area contributed by atoms with Gasteiger partial charge in [-0.3, -0.25) is 4.79 Å². The van der Waals surface area contributed by atoms with Gasteiger partial charge >= 0.3 is 12.0 Å². The van der Waals surface area contributed by atoms with Crippen LogP contribution in [-0.4, -0.2) is 28.1 Å². The number of aromatic nitrogens is 1. The highest BCUT2D eigenvalue weighted by atomic mass is 32.1. The number of aliphatic carboxylic acids is 1. The number of thiazole rings is 1. The van der Waals surface area contributed by atoms with Crippen molar-refractivity contribution in [3.63, 3.8) is 0 Å². The zero-order valence-electron chi connectivity index (χ0n) is 15.2. The quantitative estimate of drug-likeness (QED) is 0.679. The van der Waals surface area contributed by atoms with E-state index < -0.39 is 5.97 Å². The van der Waals surface area contributed by atoms with Gasteiger partial charge in [-0.1, -0.05) is 30.3 Å². The van der Waals surface area contributed by atoms with Gasteiger partial charge in [-0.2, -0.15) is 0 Å². The first-order valence-electron chi connectivity index (χ1n) is 9.34. The maximum absolute atomic E-state index is 12.1. The van der Waals surface area contributed by atoms with Crippen LogP contribution >= 0.6 is 11.3 Å². The predicted octanol–water partition coefficient (Wildman–Crippen LogP) is 3.37. The van der Waals surface area contributed by atoms with Crippen LogP contribution in [0.15, 0.2) is 35.7 Å². The number of amides is 2. The molecule has 1 aliphatic rings. The van der Waals surface area contributed by atoms with Gasteiger partial charge in [0.05, 0.1) is 23.2 Å². The van der Waals surface area contributed by atoms with E-state index in [0.29, 0.717) is 32.2 Å². The van der Waals surface area contributed by atoms with Gasteiger partial charge in [0, 0.05) is 17.8 Å². The van der Waals surface area contributed by atoms with Gasteiger partial charge in [0.25, 0.3) is 0 Å². The summed E-state index contributed by atoms with van der Waals surface area (Å²) in [6, 6.07) is 10.2. The Labute approximate surface area is 163 Å². The molecule has 3 rings (SSSR count). The molecule has 0 saturated heterocycles. The molecule has 0 radical (unpaired) electrons. The number of carbonyl (C=O) groups excluding carboxylic acids is 1. The summed E-state index contributed by atoms with van der Waals surface area (Å²) < 4.78 is 0. The molecular weight excluding hydrogens is 362 g/mol. The van der Waals surface area contributed by atoms with Gasteiger partial charge in [0.1, 0.15) is 0 Å². The highest BCUT2D eigenvalue weighted by Gasteiger charge is 2.26. The van der Waals surface area contributed by atoms with Crippen molar-refractivity contribution >= 4 is 23.3 Å². The number of aryl methyl sites for hydroxylation is 2. The molecule has 1 aromatic heterocycles. The van der Waals surface area contributed by atoms with Crippen molar-refractivity contribution in [1.82, 2.24) is 15.6 Å². The lowest BCUT2D eigenvalue weighted by atomic mass is 9.86. The van der Waals surface area contributed by atoms with Gasteiger partial charge in [-0.25, -0.2) is 9.78 Å². The van der Waals surface area contributed by atoms with E-state index in [2.05, 4.69) is 27.8 Å². The number of hydrogen-bond acceptors (Lipinski definition) is 4. The van der Waals surface area contributed by atoms with Crippen LogP contribution in [0.2, 0.25) is 0 Å². The Balaban J connectivity index is 1.37. The van der Waals surface area contributed by atoms with Crippen LogP contribution in [-0.2, 0) is 24.2 Å². The second-order valence-electron chi connectivity index (χ2n) is 6.93. The van der Waals surface area contributed by atoms with E-state index in [0.717, 1.165) is 23.5 Å². The van der Waals surface area contributed by atoms with Crippen LogP contribution in [0, 0.1) is 5.92 Å². The molecule has 1 aliphatic carbocycles. The Hall–Kier alpha value is -2.41. The Bertz CT molecular complexity index is 755. The van der Waals surface area contributed by atoms with Crippen molar-refractivity contribution in [3.05, 3.63) is 52.0 Å². The summed E-state index contributed by atoms with van der Waals surface area (Å²) in [4.78, 5) is 27.6. The van der Waals surface area contributed by atoms with Gasteiger partial charge in [0.15, 0.2) is 0 Å². The minimum absolute atomic E-state index is 0.0532. The number of carboxylic acids is 1. The van der Waals surface area contributed by atoms with E-state index in [1.54, 1.807) is 11.3 Å². The van der Waals surface area contributed by atoms with Gasteiger partial charge in [-0.05, 0) is 37.7 Å². The zero-order chi connectivity index (χ0) is 19.1. The summed E-state index contributed by atoms with van der Waals surface area (Å²) >= 11 is 1.62. The van der Waals surface area contributed by atoms with Crippen molar-refractivity contribution < 1.29 is 14.7 Å². The lowest BCUT2D eigenvalue weighted by Gasteiger charge is -2.26. The van der Waals surface area contributed by atoms with Gasteiger partial charge in [-0.15, -0.1) is 11.3 Å². The molecule has 0 atom stereocenters. The molecule has 144 valence electrons. The Morgan fingerprint density at radius 2 is 1.85 bits per heavy atom. The third kappa shape index (κ3) is 6.06. The summed E-state index contributed by atoms with van der Waals surface area (Å²) in [5, 5.41) is 17.9. The fourth-order valence-corrected chi connectivity index (χ4v) is 4.13. The van der Waals surface area contributed by atoms with Crippen LogP contribution in [0.1, 0.15) is 41.9 Å².